The molecule has 0 radical (unpaired) electrons. The highest BCUT2D eigenvalue weighted by Gasteiger charge is 1.88. The SMILES string of the molecule is Cl.[2H]C([2H])([2H])C(=C(F)CN)C([2H])([2H])[2H]. The molecule has 0 bridgehead atoms. The van der Waals surface area contributed by atoms with Crippen molar-refractivity contribution in [3.63, 3.8) is 0 Å². The van der Waals surface area contributed by atoms with Gasteiger partial charge in [0.25, 0.3) is 0 Å². The van der Waals surface area contributed by atoms with E-state index < -0.39 is 31.6 Å². The molecule has 3 heteroatoms. The van der Waals surface area contributed by atoms with Gasteiger partial charge >= 0.3 is 0 Å². The van der Waals surface area contributed by atoms with Crippen LogP contribution in [-0.4, -0.2) is 6.54 Å². The Kier molecular flexibility index (Phi) is 1.69. The van der Waals surface area contributed by atoms with Gasteiger partial charge in [-0.3, -0.25) is 0 Å². The first kappa shape index (κ1) is 2.67. The second-order valence-corrected chi connectivity index (χ2v) is 0.984. The Hall–Kier alpha value is -0.0800. The van der Waals surface area contributed by atoms with Crippen LogP contribution in [0.25, 0.3) is 0 Å². The fraction of sp³-hybridized carbons (Fsp3) is 0.600. The van der Waals surface area contributed by atoms with E-state index in [4.69, 9.17) is 14.0 Å². The van der Waals surface area contributed by atoms with Crippen LogP contribution in [0.5, 0.6) is 0 Å². The number of hydrogen-bond acceptors (Lipinski definition) is 1. The number of hydrogen-bond donors (Lipinski definition) is 1. The second kappa shape index (κ2) is 5.06. The number of nitrogens with two attached hydrogens (primary N) is 1. The third kappa shape index (κ3) is 4.09. The van der Waals surface area contributed by atoms with Crippen LogP contribution in [0.3, 0.4) is 0 Å². The number of allylic oxidation sites excluding steroid dienone is 1. The molecule has 0 fully saturated rings. The summed E-state index contributed by atoms with van der Waals surface area (Å²) in [4.78, 5) is 0. The molecule has 0 aliphatic heterocycles. The minimum absolute atomic E-state index is 0. The zero-order valence-corrected chi connectivity index (χ0v) is 4.89. The molecule has 0 aromatic rings. The molecule has 8 heavy (non-hydrogen) atoms. The van der Waals surface area contributed by atoms with E-state index in [0.29, 0.717) is 0 Å². The molecule has 0 saturated carbocycles. The van der Waals surface area contributed by atoms with Crippen molar-refractivity contribution in [2.24, 2.45) is 5.73 Å². The van der Waals surface area contributed by atoms with Gasteiger partial charge in [0.2, 0.25) is 0 Å². The Bertz CT molecular complexity index is 203. The molecule has 0 aromatic carbocycles. The van der Waals surface area contributed by atoms with Gasteiger partial charge in [-0.25, -0.2) is 4.39 Å². The quantitative estimate of drug-likeness (QED) is 0.597. The molecule has 0 spiro atoms. The van der Waals surface area contributed by atoms with Crippen LogP contribution in [0.1, 0.15) is 21.9 Å². The van der Waals surface area contributed by atoms with Gasteiger partial charge in [0, 0.05) is 14.8 Å². The summed E-state index contributed by atoms with van der Waals surface area (Å²) in [7, 11) is 0. The van der Waals surface area contributed by atoms with E-state index >= 15 is 0 Å². The van der Waals surface area contributed by atoms with Crippen LogP contribution < -0.4 is 5.73 Å². The fourth-order valence-electron chi connectivity index (χ4n) is 0.102. The van der Waals surface area contributed by atoms with Gasteiger partial charge in [0.15, 0.2) is 0 Å². The highest BCUT2D eigenvalue weighted by molar-refractivity contribution is 5.85. The van der Waals surface area contributed by atoms with Crippen molar-refractivity contribution in [1.29, 1.82) is 0 Å². The molecule has 2 N–H and O–H groups in total. The highest BCUT2D eigenvalue weighted by Crippen LogP contribution is 1.99. The van der Waals surface area contributed by atoms with Gasteiger partial charge in [-0.2, -0.15) is 0 Å². The molecule has 1 nitrogen and oxygen atoms in total. The van der Waals surface area contributed by atoms with E-state index in [1.165, 1.54) is 0 Å². The van der Waals surface area contributed by atoms with Crippen LogP contribution in [0.4, 0.5) is 4.39 Å². The molecule has 0 amide bonds. The molecule has 0 saturated heterocycles. The Morgan fingerprint density at radius 1 is 1.75 bits per heavy atom. The van der Waals surface area contributed by atoms with Crippen LogP contribution in [-0.2, 0) is 0 Å². The molecule has 0 aromatic heterocycles. The van der Waals surface area contributed by atoms with Gasteiger partial charge in [-0.1, -0.05) is 0 Å². The van der Waals surface area contributed by atoms with Gasteiger partial charge in [0.1, 0.15) is 5.83 Å². The van der Waals surface area contributed by atoms with E-state index in [1.807, 2.05) is 0 Å². The predicted octanol–water partition coefficient (Wildman–Crippen LogP) is 1.63. The van der Waals surface area contributed by atoms with Crippen molar-refractivity contribution in [3.8, 4) is 0 Å². The Morgan fingerprint density at radius 3 is 2.38 bits per heavy atom. The lowest BCUT2D eigenvalue weighted by molar-refractivity contribution is 0.606. The molecular formula is C5H11ClFN. The molecule has 0 aliphatic carbocycles. The predicted molar refractivity (Wildman–Crippen MR) is 35.8 cm³/mol. The van der Waals surface area contributed by atoms with Crippen molar-refractivity contribution in [2.45, 2.75) is 13.7 Å². The molecule has 0 aliphatic rings. The van der Waals surface area contributed by atoms with E-state index in [2.05, 4.69) is 0 Å². The number of rotatable bonds is 1. The molecule has 0 heterocycles. The van der Waals surface area contributed by atoms with E-state index in [1.54, 1.807) is 0 Å². The van der Waals surface area contributed by atoms with Crippen molar-refractivity contribution in [1.82, 2.24) is 0 Å². The zero-order chi connectivity index (χ0) is 10.9. The Labute approximate surface area is 63.6 Å². The summed E-state index contributed by atoms with van der Waals surface area (Å²) in [6.45, 7) is -6.64. The first-order valence-electron chi connectivity index (χ1n) is 4.70. The minimum Gasteiger partial charge on any atom is -0.325 e. The smallest absolute Gasteiger partial charge is 0.112 e. The zero-order valence-electron chi connectivity index (χ0n) is 10.1. The lowest BCUT2D eigenvalue weighted by atomic mass is 10.3. The summed E-state index contributed by atoms with van der Waals surface area (Å²) < 4.78 is 53.6. The van der Waals surface area contributed by atoms with Crippen molar-refractivity contribution >= 4 is 12.4 Å². The molecule has 50 valence electrons. The first-order valence-corrected chi connectivity index (χ1v) is 1.70. The topological polar surface area (TPSA) is 26.0 Å². The first-order chi connectivity index (χ1) is 5.60. The third-order valence-electron chi connectivity index (χ3n) is 0.450. The van der Waals surface area contributed by atoms with Crippen molar-refractivity contribution in [3.05, 3.63) is 11.4 Å². The summed E-state index contributed by atoms with van der Waals surface area (Å²) in [5.41, 5.74) is 3.66. The fourth-order valence-corrected chi connectivity index (χ4v) is 0.102. The maximum absolute atomic E-state index is 12.8. The Morgan fingerprint density at radius 2 is 2.25 bits per heavy atom. The summed E-state index contributed by atoms with van der Waals surface area (Å²) in [6, 6.07) is 0. The molecule has 0 rings (SSSR count). The summed E-state index contributed by atoms with van der Waals surface area (Å²) in [6.07, 6.45) is 0. The lowest BCUT2D eigenvalue weighted by Crippen LogP contribution is -1.99. The summed E-state index contributed by atoms with van der Waals surface area (Å²) in [5.74, 6) is -1.29. The summed E-state index contributed by atoms with van der Waals surface area (Å²) in [5, 5.41) is 0. The van der Waals surface area contributed by atoms with Crippen molar-refractivity contribution < 1.29 is 12.6 Å². The van der Waals surface area contributed by atoms with E-state index in [-0.39, 0.29) is 12.4 Å². The molecule has 0 atom stereocenters. The molecular weight excluding hydrogens is 129 g/mol. The van der Waals surface area contributed by atoms with Crippen LogP contribution in [0.2, 0.25) is 0 Å². The normalized spacial score (nSPS) is 21.8. The maximum Gasteiger partial charge on any atom is 0.112 e. The van der Waals surface area contributed by atoms with Crippen LogP contribution in [0, 0.1) is 0 Å². The lowest BCUT2D eigenvalue weighted by Gasteiger charge is -1.89. The third-order valence-corrected chi connectivity index (χ3v) is 0.450. The van der Waals surface area contributed by atoms with Crippen LogP contribution >= 0.6 is 12.4 Å². The van der Waals surface area contributed by atoms with Crippen molar-refractivity contribution in [2.75, 3.05) is 6.54 Å². The van der Waals surface area contributed by atoms with E-state index in [0.717, 1.165) is 0 Å². The van der Waals surface area contributed by atoms with Gasteiger partial charge in [0.05, 0.1) is 0 Å². The largest absolute Gasteiger partial charge is 0.325 e. The number of halogens is 2. The second-order valence-electron chi connectivity index (χ2n) is 0.984. The van der Waals surface area contributed by atoms with Gasteiger partial charge < -0.3 is 5.73 Å². The van der Waals surface area contributed by atoms with E-state index in [9.17, 15) is 4.39 Å². The minimum atomic E-state index is -2.96. The standard InChI is InChI=1S/C5H10FN.ClH/c1-4(2)5(6)3-7;/h3,7H2,1-2H3;1H/i1D3,2D3;. The highest BCUT2D eigenvalue weighted by atomic mass is 35.5. The monoisotopic (exact) mass is 145 g/mol. The average Bonchev–Trinajstić information content (AvgIpc) is 1.80. The average molecular weight is 146 g/mol. The maximum atomic E-state index is 12.8. The van der Waals surface area contributed by atoms with Gasteiger partial charge in [-0.05, 0) is 19.3 Å². The van der Waals surface area contributed by atoms with Crippen LogP contribution in [0.15, 0.2) is 11.4 Å². The molecule has 0 unspecified atom stereocenters. The van der Waals surface area contributed by atoms with Gasteiger partial charge in [-0.15, -0.1) is 12.4 Å². The summed E-state index contributed by atoms with van der Waals surface area (Å²) >= 11 is 0. The Balaban J connectivity index is 0.